The molecule has 1 saturated heterocycles. The highest BCUT2D eigenvalue weighted by Crippen LogP contribution is 2.23. The van der Waals surface area contributed by atoms with Crippen LogP contribution in [-0.2, 0) is 0 Å². The Labute approximate surface area is 120 Å². The van der Waals surface area contributed by atoms with E-state index < -0.39 is 16.6 Å². The summed E-state index contributed by atoms with van der Waals surface area (Å²) in [5.41, 5.74) is -0.868. The highest BCUT2D eigenvalue weighted by molar-refractivity contribution is 5.93. The van der Waals surface area contributed by atoms with Crippen molar-refractivity contribution in [1.29, 1.82) is 0 Å². The second-order valence-electron chi connectivity index (χ2n) is 4.67. The third kappa shape index (κ3) is 3.44. The van der Waals surface area contributed by atoms with Crippen molar-refractivity contribution in [2.24, 2.45) is 0 Å². The highest BCUT2D eigenvalue weighted by Gasteiger charge is 2.24. The smallest absolute Gasteiger partial charge is 0.342 e. The zero-order valence-corrected chi connectivity index (χ0v) is 11.3. The molecule has 0 aromatic carbocycles. The van der Waals surface area contributed by atoms with Gasteiger partial charge in [-0.2, -0.15) is 0 Å². The van der Waals surface area contributed by atoms with E-state index in [9.17, 15) is 14.9 Å². The number of carboxylic acids is 1. The van der Waals surface area contributed by atoms with Gasteiger partial charge in [0.25, 0.3) is 0 Å². The van der Waals surface area contributed by atoms with Gasteiger partial charge in [-0.05, 0) is 0 Å². The summed E-state index contributed by atoms with van der Waals surface area (Å²) in [5, 5.41) is 28.7. The van der Waals surface area contributed by atoms with E-state index in [1.807, 2.05) is 4.90 Å². The van der Waals surface area contributed by atoms with Crippen LogP contribution in [0.3, 0.4) is 0 Å². The fourth-order valence-corrected chi connectivity index (χ4v) is 2.27. The van der Waals surface area contributed by atoms with Crippen LogP contribution in [-0.4, -0.2) is 70.3 Å². The molecule has 1 aliphatic rings. The summed E-state index contributed by atoms with van der Waals surface area (Å²) in [6, 6.07) is 1.24. The Kier molecular flexibility index (Phi) is 4.66. The molecule has 114 valence electrons. The molecular formula is C12H16N4O5. The number of carbonyl (C=O) groups is 1. The second kappa shape index (κ2) is 6.46. The molecular weight excluding hydrogens is 280 g/mol. The molecule has 0 unspecified atom stereocenters. The lowest BCUT2D eigenvalue weighted by molar-refractivity contribution is -0.385. The van der Waals surface area contributed by atoms with Crippen LogP contribution in [0.1, 0.15) is 10.4 Å². The summed E-state index contributed by atoms with van der Waals surface area (Å²) < 4.78 is 0. The van der Waals surface area contributed by atoms with Crippen LogP contribution in [0.4, 0.5) is 11.5 Å². The first-order valence-corrected chi connectivity index (χ1v) is 6.49. The summed E-state index contributed by atoms with van der Waals surface area (Å²) in [7, 11) is 0. The van der Waals surface area contributed by atoms with E-state index in [1.165, 1.54) is 6.07 Å². The molecule has 0 radical (unpaired) electrons. The van der Waals surface area contributed by atoms with E-state index in [4.69, 9.17) is 10.2 Å². The van der Waals surface area contributed by atoms with Gasteiger partial charge in [0.2, 0.25) is 0 Å². The van der Waals surface area contributed by atoms with Gasteiger partial charge in [-0.25, -0.2) is 9.78 Å². The number of aliphatic hydroxyl groups is 1. The molecule has 9 heteroatoms. The van der Waals surface area contributed by atoms with E-state index in [2.05, 4.69) is 9.88 Å². The van der Waals surface area contributed by atoms with Crippen molar-refractivity contribution in [3.8, 4) is 0 Å². The number of aromatic carboxylic acids is 1. The lowest BCUT2D eigenvalue weighted by Gasteiger charge is -2.35. The molecule has 2 heterocycles. The number of nitro groups is 1. The van der Waals surface area contributed by atoms with Crippen LogP contribution in [0.15, 0.2) is 12.3 Å². The number of anilines is 1. The van der Waals surface area contributed by atoms with Crippen LogP contribution >= 0.6 is 0 Å². The van der Waals surface area contributed by atoms with E-state index in [-0.39, 0.29) is 12.2 Å². The van der Waals surface area contributed by atoms with Crippen LogP contribution in [0, 0.1) is 10.1 Å². The fraction of sp³-hybridized carbons (Fsp3) is 0.500. The average Bonchev–Trinajstić information content (AvgIpc) is 2.47. The summed E-state index contributed by atoms with van der Waals surface area (Å²) in [4.78, 5) is 29.1. The van der Waals surface area contributed by atoms with Gasteiger partial charge in [0.05, 0.1) is 11.5 Å². The first kappa shape index (κ1) is 15.1. The van der Waals surface area contributed by atoms with Gasteiger partial charge in [0.1, 0.15) is 17.6 Å². The first-order valence-electron chi connectivity index (χ1n) is 6.49. The third-order valence-corrected chi connectivity index (χ3v) is 3.41. The maximum Gasteiger partial charge on any atom is 0.342 e. The molecule has 1 aliphatic heterocycles. The zero-order valence-electron chi connectivity index (χ0n) is 11.3. The second-order valence-corrected chi connectivity index (χ2v) is 4.67. The molecule has 0 saturated carbocycles. The Bertz CT molecular complexity index is 542. The largest absolute Gasteiger partial charge is 0.477 e. The average molecular weight is 296 g/mol. The van der Waals surface area contributed by atoms with Gasteiger partial charge in [-0.3, -0.25) is 15.0 Å². The van der Waals surface area contributed by atoms with Gasteiger partial charge in [0, 0.05) is 38.8 Å². The number of carboxylic acid groups (broad SMARTS) is 1. The number of β-amino-alcohol motifs (C(OH)–C–C–N with tert-alkyl or cyclic N) is 1. The molecule has 0 spiro atoms. The Morgan fingerprint density at radius 3 is 2.57 bits per heavy atom. The van der Waals surface area contributed by atoms with E-state index >= 15 is 0 Å². The van der Waals surface area contributed by atoms with Crippen LogP contribution in [0.2, 0.25) is 0 Å². The summed E-state index contributed by atoms with van der Waals surface area (Å²) >= 11 is 0. The van der Waals surface area contributed by atoms with Crippen molar-refractivity contribution in [3.63, 3.8) is 0 Å². The number of aromatic nitrogens is 1. The van der Waals surface area contributed by atoms with Crippen LogP contribution in [0.5, 0.6) is 0 Å². The molecule has 2 rings (SSSR count). The highest BCUT2D eigenvalue weighted by atomic mass is 16.6. The number of pyridine rings is 1. The van der Waals surface area contributed by atoms with E-state index in [0.717, 1.165) is 19.3 Å². The van der Waals surface area contributed by atoms with Crippen molar-refractivity contribution in [3.05, 3.63) is 27.9 Å². The van der Waals surface area contributed by atoms with Crippen LogP contribution in [0.25, 0.3) is 0 Å². The normalized spacial score (nSPS) is 16.0. The van der Waals surface area contributed by atoms with Gasteiger partial charge in [-0.1, -0.05) is 0 Å². The lowest BCUT2D eigenvalue weighted by atomic mass is 10.2. The predicted octanol–water partition coefficient (Wildman–Crippen LogP) is -0.198. The van der Waals surface area contributed by atoms with Gasteiger partial charge < -0.3 is 15.1 Å². The minimum absolute atomic E-state index is 0.0962. The number of aliphatic hydroxyl groups excluding tert-OH is 1. The molecule has 21 heavy (non-hydrogen) atoms. The molecule has 2 N–H and O–H groups in total. The lowest BCUT2D eigenvalue weighted by Crippen LogP contribution is -2.47. The SMILES string of the molecule is O=C(O)c1cc(N2CCN(CCO)CC2)ncc1[N+](=O)[O-]. The maximum absolute atomic E-state index is 11.1. The van der Waals surface area contributed by atoms with Crippen molar-refractivity contribution in [1.82, 2.24) is 9.88 Å². The van der Waals surface area contributed by atoms with Crippen molar-refractivity contribution >= 4 is 17.5 Å². The standard InChI is InChI=1S/C12H16N4O5/c17-6-5-14-1-3-15(4-2-14)11-7-9(12(18)19)10(8-13-11)16(20)21/h7-8,17H,1-6H2,(H,18,19). The third-order valence-electron chi connectivity index (χ3n) is 3.41. The van der Waals surface area contributed by atoms with Gasteiger partial charge in [-0.15, -0.1) is 0 Å². The van der Waals surface area contributed by atoms with Crippen LogP contribution < -0.4 is 4.90 Å². The number of piperazine rings is 1. The van der Waals surface area contributed by atoms with Gasteiger partial charge in [0.15, 0.2) is 0 Å². The Balaban J connectivity index is 2.16. The van der Waals surface area contributed by atoms with Gasteiger partial charge >= 0.3 is 11.7 Å². The molecule has 1 fully saturated rings. The molecule has 0 amide bonds. The summed E-state index contributed by atoms with van der Waals surface area (Å²) in [6.07, 6.45) is 0.985. The Hall–Kier alpha value is -2.26. The number of rotatable bonds is 5. The minimum Gasteiger partial charge on any atom is -0.477 e. The first-order chi connectivity index (χ1) is 10.0. The monoisotopic (exact) mass is 296 g/mol. The van der Waals surface area contributed by atoms with Crippen molar-refractivity contribution < 1.29 is 19.9 Å². The molecule has 1 aromatic rings. The molecule has 1 aromatic heterocycles. The number of hydrogen-bond donors (Lipinski definition) is 2. The summed E-state index contributed by atoms with van der Waals surface area (Å²) in [6.45, 7) is 3.40. The Morgan fingerprint density at radius 2 is 2.05 bits per heavy atom. The topological polar surface area (TPSA) is 120 Å². The molecule has 0 aliphatic carbocycles. The zero-order chi connectivity index (χ0) is 15.4. The van der Waals surface area contributed by atoms with Crippen molar-refractivity contribution in [2.45, 2.75) is 0 Å². The number of nitrogens with zero attached hydrogens (tertiary/aromatic N) is 4. The van der Waals surface area contributed by atoms with E-state index in [0.29, 0.717) is 25.5 Å². The molecule has 0 bridgehead atoms. The predicted molar refractivity (Wildman–Crippen MR) is 73.6 cm³/mol. The Morgan fingerprint density at radius 1 is 1.38 bits per heavy atom. The molecule has 9 nitrogen and oxygen atoms in total. The number of hydrogen-bond acceptors (Lipinski definition) is 7. The fourth-order valence-electron chi connectivity index (χ4n) is 2.27. The maximum atomic E-state index is 11.1. The quantitative estimate of drug-likeness (QED) is 0.566. The minimum atomic E-state index is -1.34. The van der Waals surface area contributed by atoms with E-state index in [1.54, 1.807) is 0 Å². The summed E-state index contributed by atoms with van der Waals surface area (Å²) in [5.74, 6) is -0.925. The van der Waals surface area contributed by atoms with Crippen molar-refractivity contribution in [2.75, 3.05) is 44.2 Å². The molecule has 0 atom stereocenters.